The van der Waals surface area contributed by atoms with Crippen LogP contribution in [0.5, 0.6) is 0 Å². The lowest BCUT2D eigenvalue weighted by Crippen LogP contribution is -2.11. The number of fused-ring (bicyclic) bond motifs is 9. The van der Waals surface area contributed by atoms with Crippen LogP contribution in [0.4, 0.5) is 0 Å². The minimum Gasteiger partial charge on any atom is -0.309 e. The van der Waals surface area contributed by atoms with Crippen molar-refractivity contribution in [2.24, 2.45) is 0 Å². The lowest BCUT2D eigenvalue weighted by atomic mass is 9.86. The van der Waals surface area contributed by atoms with E-state index in [1.807, 2.05) is 0 Å². The highest BCUT2D eigenvalue weighted by Crippen LogP contribution is 2.43. The molecule has 0 amide bonds. The summed E-state index contributed by atoms with van der Waals surface area (Å²) in [5.74, 6) is 0.936. The molecule has 0 saturated carbocycles. The zero-order valence-electron chi connectivity index (χ0n) is 34.4. The van der Waals surface area contributed by atoms with Gasteiger partial charge < -0.3 is 4.57 Å². The van der Waals surface area contributed by atoms with Gasteiger partial charge in [0.05, 0.1) is 32.3 Å². The molecule has 0 bridgehead atoms. The largest absolute Gasteiger partial charge is 0.309 e. The van der Waals surface area contributed by atoms with Crippen molar-refractivity contribution in [1.29, 1.82) is 0 Å². The van der Waals surface area contributed by atoms with E-state index in [0.717, 1.165) is 27.1 Å². The van der Waals surface area contributed by atoms with Gasteiger partial charge in [0, 0.05) is 37.3 Å². The molecule has 0 fully saturated rings. The summed E-state index contributed by atoms with van der Waals surface area (Å²) >= 11 is 1.79. The summed E-state index contributed by atoms with van der Waals surface area (Å²) in [6.07, 6.45) is 1.76. The van der Waals surface area contributed by atoms with Gasteiger partial charge in [0.15, 0.2) is 5.82 Å². The van der Waals surface area contributed by atoms with Crippen LogP contribution in [0.25, 0.3) is 75.4 Å². The average Bonchev–Trinajstić information content (AvgIpc) is 3.76. The lowest BCUT2D eigenvalue weighted by molar-refractivity contribution is 0.590. The first-order valence-corrected chi connectivity index (χ1v) is 20.5. The van der Waals surface area contributed by atoms with Gasteiger partial charge in [-0.2, -0.15) is 0 Å². The number of aromatic nitrogens is 4. The average molecular weight is 741 g/mol. The Bertz CT molecular complexity index is 2870. The van der Waals surface area contributed by atoms with E-state index in [0.29, 0.717) is 0 Å². The van der Waals surface area contributed by atoms with Gasteiger partial charge in [0.1, 0.15) is 6.33 Å². The predicted octanol–water partition coefficient (Wildman–Crippen LogP) is 14.2. The molecular weight excluding hydrogens is 689 g/mol. The number of thiophene rings is 1. The minimum absolute atomic E-state index is 0.00908. The topological polar surface area (TPSA) is 35.6 Å². The third-order valence-electron chi connectivity index (χ3n) is 11.7. The van der Waals surface area contributed by atoms with E-state index in [1.54, 1.807) is 17.7 Å². The number of benzene rings is 5. The molecule has 0 spiro atoms. The van der Waals surface area contributed by atoms with Crippen LogP contribution in [0.15, 0.2) is 97.3 Å². The van der Waals surface area contributed by atoms with Crippen molar-refractivity contribution >= 4 is 75.3 Å². The molecule has 9 rings (SSSR count). The minimum atomic E-state index is 0.00908. The molecule has 4 heterocycles. The Kier molecular flexibility index (Phi) is 7.63. The Hall–Kier alpha value is -5.00. The van der Waals surface area contributed by atoms with E-state index in [-0.39, 0.29) is 21.7 Å². The fourth-order valence-corrected chi connectivity index (χ4v) is 9.38. The Balaban J connectivity index is 1.33. The summed E-state index contributed by atoms with van der Waals surface area (Å²) in [4.78, 5) is 10.1. The van der Waals surface area contributed by atoms with E-state index in [4.69, 9.17) is 9.97 Å². The highest BCUT2D eigenvalue weighted by Gasteiger charge is 2.25. The van der Waals surface area contributed by atoms with Crippen molar-refractivity contribution in [2.45, 2.75) is 105 Å². The first-order valence-electron chi connectivity index (χ1n) is 19.7. The number of hydrogen-bond donors (Lipinski definition) is 0. The van der Waals surface area contributed by atoms with Crippen LogP contribution in [0.3, 0.4) is 0 Å². The SMILES string of the molecule is CC(C)(C)c1ccc2c3ccc(C(C)(C)C)cc3n(-c3ccc4sc5c(-n6c7cc(C(C)(C)C)ccc7c7ccc(C(C)(C)C)cc76)ncnc5c4c3)c2c1. The standard InChI is InChI=1S/C50H52N4S/c1-47(2,3)29-13-18-34-35-19-14-30(48(4,5)6)24-40(35)53(39(34)23-29)33-17-22-43-38(27-33)44-45(55-43)46(52-28-51-44)54-41-25-31(49(7,8)9)15-20-36(41)37-21-16-32(26-42(37)54)50(10,11)12/h13-28H,1-12H3. The molecule has 0 saturated heterocycles. The first-order chi connectivity index (χ1) is 25.8. The maximum atomic E-state index is 5.11. The molecule has 0 atom stereocenters. The molecule has 0 radical (unpaired) electrons. The molecule has 5 aromatic carbocycles. The molecule has 9 aromatic rings. The molecule has 55 heavy (non-hydrogen) atoms. The summed E-state index contributed by atoms with van der Waals surface area (Å²) in [5, 5.41) is 6.20. The third kappa shape index (κ3) is 5.68. The molecule has 278 valence electrons. The maximum absolute atomic E-state index is 5.11. The molecule has 0 unspecified atom stereocenters. The van der Waals surface area contributed by atoms with Gasteiger partial charge in [-0.15, -0.1) is 11.3 Å². The lowest BCUT2D eigenvalue weighted by Gasteiger charge is -2.20. The fourth-order valence-electron chi connectivity index (χ4n) is 8.26. The van der Waals surface area contributed by atoms with Crippen molar-refractivity contribution in [3.63, 3.8) is 0 Å². The Labute approximate surface area is 328 Å². The quantitative estimate of drug-likeness (QED) is 0.177. The van der Waals surface area contributed by atoms with Crippen LogP contribution in [0, 0.1) is 0 Å². The molecule has 5 heteroatoms. The molecule has 0 aliphatic rings. The van der Waals surface area contributed by atoms with Crippen molar-refractivity contribution < 1.29 is 0 Å². The first kappa shape index (κ1) is 35.7. The molecule has 4 aromatic heterocycles. The zero-order chi connectivity index (χ0) is 39.0. The van der Waals surface area contributed by atoms with Crippen molar-refractivity contribution in [3.05, 3.63) is 120 Å². The number of hydrogen-bond acceptors (Lipinski definition) is 3. The Morgan fingerprint density at radius 3 is 1.22 bits per heavy atom. The highest BCUT2D eigenvalue weighted by atomic mass is 32.1. The smallest absolute Gasteiger partial charge is 0.159 e. The van der Waals surface area contributed by atoms with E-state index in [9.17, 15) is 0 Å². The summed E-state index contributed by atoms with van der Waals surface area (Å²) in [5.41, 5.74) is 12.3. The van der Waals surface area contributed by atoms with Crippen LogP contribution in [-0.4, -0.2) is 19.1 Å². The Morgan fingerprint density at radius 1 is 0.418 bits per heavy atom. The second kappa shape index (κ2) is 11.8. The summed E-state index contributed by atoms with van der Waals surface area (Å²) in [7, 11) is 0. The van der Waals surface area contributed by atoms with Gasteiger partial charge in [0.2, 0.25) is 0 Å². The second-order valence-corrected chi connectivity index (χ2v) is 20.8. The molecule has 0 aliphatic carbocycles. The summed E-state index contributed by atoms with van der Waals surface area (Å²) in [6.45, 7) is 27.5. The fraction of sp³-hybridized carbons (Fsp3) is 0.320. The van der Waals surface area contributed by atoms with Crippen LogP contribution >= 0.6 is 11.3 Å². The summed E-state index contributed by atoms with van der Waals surface area (Å²) < 4.78 is 7.20. The van der Waals surface area contributed by atoms with E-state index in [2.05, 4.69) is 183 Å². The number of rotatable bonds is 2. The van der Waals surface area contributed by atoms with Crippen molar-refractivity contribution in [3.8, 4) is 11.5 Å². The number of nitrogens with zero attached hydrogens (tertiary/aromatic N) is 4. The normalized spacial score (nSPS) is 13.5. The molecule has 0 aliphatic heterocycles. The zero-order valence-corrected chi connectivity index (χ0v) is 35.3. The van der Waals surface area contributed by atoms with Gasteiger partial charge >= 0.3 is 0 Å². The third-order valence-corrected chi connectivity index (χ3v) is 12.8. The van der Waals surface area contributed by atoms with Crippen LogP contribution in [-0.2, 0) is 21.7 Å². The van der Waals surface area contributed by atoms with Crippen LogP contribution in [0.2, 0.25) is 0 Å². The predicted molar refractivity (Wildman–Crippen MR) is 238 cm³/mol. The van der Waals surface area contributed by atoms with E-state index < -0.39 is 0 Å². The Morgan fingerprint density at radius 2 is 0.818 bits per heavy atom. The van der Waals surface area contributed by atoms with Gasteiger partial charge in [-0.1, -0.05) is 132 Å². The molecular formula is C50H52N4S. The van der Waals surface area contributed by atoms with Crippen molar-refractivity contribution in [1.82, 2.24) is 19.1 Å². The maximum Gasteiger partial charge on any atom is 0.159 e. The van der Waals surface area contributed by atoms with Crippen molar-refractivity contribution in [2.75, 3.05) is 0 Å². The summed E-state index contributed by atoms with van der Waals surface area (Å²) in [6, 6.07) is 35.0. The molecule has 0 N–H and O–H groups in total. The highest BCUT2D eigenvalue weighted by molar-refractivity contribution is 7.26. The van der Waals surface area contributed by atoms with E-state index in [1.165, 1.54) is 70.6 Å². The van der Waals surface area contributed by atoms with Gasteiger partial charge in [-0.05, 0) is 86.4 Å². The van der Waals surface area contributed by atoms with Gasteiger partial charge in [-0.25, -0.2) is 9.97 Å². The molecule has 4 nitrogen and oxygen atoms in total. The second-order valence-electron chi connectivity index (χ2n) is 19.8. The van der Waals surface area contributed by atoms with Crippen LogP contribution in [0.1, 0.15) is 105 Å². The van der Waals surface area contributed by atoms with Gasteiger partial charge in [0.25, 0.3) is 0 Å². The van der Waals surface area contributed by atoms with Gasteiger partial charge in [-0.3, -0.25) is 4.57 Å². The van der Waals surface area contributed by atoms with E-state index >= 15 is 0 Å². The van der Waals surface area contributed by atoms with Crippen LogP contribution < -0.4 is 0 Å². The monoisotopic (exact) mass is 740 g/mol.